The predicted octanol–water partition coefficient (Wildman–Crippen LogP) is 2.38. The van der Waals surface area contributed by atoms with E-state index in [1.165, 1.54) is 0 Å². The van der Waals surface area contributed by atoms with Crippen LogP contribution >= 0.6 is 11.5 Å². The maximum Gasteiger partial charge on any atom is 0.267 e. The molecule has 3 heterocycles. The Kier molecular flexibility index (Phi) is 5.25. The molecule has 0 unspecified atom stereocenters. The number of aromatic nitrogens is 5. The fourth-order valence-electron chi connectivity index (χ4n) is 3.52. The van der Waals surface area contributed by atoms with Gasteiger partial charge in [0, 0.05) is 30.1 Å². The molecule has 0 aliphatic heterocycles. The summed E-state index contributed by atoms with van der Waals surface area (Å²) >= 11 is 1.11. The van der Waals surface area contributed by atoms with E-state index in [4.69, 9.17) is 0 Å². The fourth-order valence-corrected chi connectivity index (χ4v) is 4.08. The summed E-state index contributed by atoms with van der Waals surface area (Å²) in [7, 11) is 0. The van der Waals surface area contributed by atoms with Gasteiger partial charge in [0.25, 0.3) is 11.5 Å². The summed E-state index contributed by atoms with van der Waals surface area (Å²) in [5.41, 5.74) is 2.24. The van der Waals surface area contributed by atoms with Crippen molar-refractivity contribution in [1.82, 2.24) is 29.7 Å². The molecule has 1 saturated carbocycles. The first-order valence-electron chi connectivity index (χ1n) is 9.22. The Morgan fingerprint density at radius 2 is 1.89 bits per heavy atom. The van der Waals surface area contributed by atoms with Gasteiger partial charge in [-0.2, -0.15) is 5.10 Å². The van der Waals surface area contributed by atoms with Crippen LogP contribution in [0.4, 0.5) is 0 Å². The highest BCUT2D eigenvalue weighted by molar-refractivity contribution is 7.08. The molecule has 0 aromatic carbocycles. The zero-order chi connectivity index (χ0) is 19.5. The van der Waals surface area contributed by atoms with Crippen LogP contribution in [-0.4, -0.2) is 36.3 Å². The van der Waals surface area contributed by atoms with Crippen LogP contribution in [0, 0.1) is 6.92 Å². The molecule has 4 rings (SSSR count). The van der Waals surface area contributed by atoms with Crippen molar-refractivity contribution < 1.29 is 4.79 Å². The Morgan fingerprint density at radius 3 is 2.57 bits per heavy atom. The zero-order valence-electron chi connectivity index (χ0n) is 15.4. The van der Waals surface area contributed by atoms with E-state index in [2.05, 4.69) is 25.0 Å². The molecule has 0 bridgehead atoms. The molecule has 0 radical (unpaired) electrons. The molecule has 9 heteroatoms. The Balaban J connectivity index is 1.43. The highest BCUT2D eigenvalue weighted by Gasteiger charge is 2.26. The third-order valence-corrected chi connectivity index (χ3v) is 5.86. The number of hydrogen-bond donors (Lipinski definition) is 1. The molecule has 0 saturated heterocycles. The lowest BCUT2D eigenvalue weighted by Crippen LogP contribution is -2.39. The van der Waals surface area contributed by atoms with Crippen LogP contribution < -0.4 is 10.9 Å². The highest BCUT2D eigenvalue weighted by atomic mass is 32.1. The molecule has 1 aliphatic carbocycles. The molecule has 1 N–H and O–H groups in total. The predicted molar refractivity (Wildman–Crippen MR) is 105 cm³/mol. The lowest BCUT2D eigenvalue weighted by Gasteiger charge is -2.29. The summed E-state index contributed by atoms with van der Waals surface area (Å²) in [4.78, 5) is 29.3. The van der Waals surface area contributed by atoms with Crippen LogP contribution in [0.25, 0.3) is 11.3 Å². The second-order valence-corrected chi connectivity index (χ2v) is 7.66. The first-order chi connectivity index (χ1) is 13.6. The van der Waals surface area contributed by atoms with Gasteiger partial charge in [-0.1, -0.05) is 4.49 Å². The van der Waals surface area contributed by atoms with E-state index in [1.54, 1.807) is 36.1 Å². The number of aryl methyl sites for hydroxylation is 1. The lowest BCUT2D eigenvalue weighted by atomic mass is 9.91. The first kappa shape index (κ1) is 18.4. The second kappa shape index (κ2) is 7.97. The summed E-state index contributed by atoms with van der Waals surface area (Å²) in [6.07, 6.45) is 6.60. The van der Waals surface area contributed by atoms with Gasteiger partial charge in [0.15, 0.2) is 0 Å². The largest absolute Gasteiger partial charge is 0.348 e. The third-order valence-electron chi connectivity index (χ3n) is 5.04. The van der Waals surface area contributed by atoms with Crippen LogP contribution in [0.3, 0.4) is 0 Å². The van der Waals surface area contributed by atoms with Gasteiger partial charge in [0.1, 0.15) is 4.88 Å². The van der Waals surface area contributed by atoms with Crippen molar-refractivity contribution in [2.75, 3.05) is 0 Å². The van der Waals surface area contributed by atoms with Crippen LogP contribution in [0.2, 0.25) is 0 Å². The maximum absolute atomic E-state index is 12.4. The van der Waals surface area contributed by atoms with E-state index in [0.29, 0.717) is 10.6 Å². The molecule has 3 aromatic heterocycles. The summed E-state index contributed by atoms with van der Waals surface area (Å²) < 4.78 is 5.40. The molecule has 1 fully saturated rings. The maximum atomic E-state index is 12.4. The average molecular weight is 396 g/mol. The van der Waals surface area contributed by atoms with E-state index in [0.717, 1.165) is 48.5 Å². The topological polar surface area (TPSA) is 103 Å². The van der Waals surface area contributed by atoms with Crippen LogP contribution in [0.5, 0.6) is 0 Å². The van der Waals surface area contributed by atoms with E-state index in [-0.39, 0.29) is 23.6 Å². The molecule has 144 valence electrons. The van der Waals surface area contributed by atoms with Crippen molar-refractivity contribution in [1.29, 1.82) is 0 Å². The van der Waals surface area contributed by atoms with Crippen LogP contribution in [-0.2, 0) is 0 Å². The molecule has 1 aliphatic rings. The van der Waals surface area contributed by atoms with E-state index in [9.17, 15) is 9.59 Å². The fraction of sp³-hybridized carbons (Fsp3) is 0.368. The minimum absolute atomic E-state index is 0.0363. The SMILES string of the molecule is Cc1nnsc1C(=O)NC1CCC(n2nc(-c3ccncc3)ccc2=O)CC1. The average Bonchev–Trinajstić information content (AvgIpc) is 3.16. The van der Waals surface area contributed by atoms with Gasteiger partial charge in [-0.15, -0.1) is 5.10 Å². The van der Waals surface area contributed by atoms with Crippen molar-refractivity contribution in [3.63, 3.8) is 0 Å². The van der Waals surface area contributed by atoms with Gasteiger partial charge in [0.2, 0.25) is 0 Å². The minimum atomic E-state index is -0.120. The molecular formula is C19H20N6O2S. The van der Waals surface area contributed by atoms with E-state index < -0.39 is 0 Å². The van der Waals surface area contributed by atoms with Gasteiger partial charge in [-0.05, 0) is 62.3 Å². The van der Waals surface area contributed by atoms with Gasteiger partial charge < -0.3 is 5.32 Å². The van der Waals surface area contributed by atoms with Crippen LogP contribution in [0.15, 0.2) is 41.5 Å². The Morgan fingerprint density at radius 1 is 1.14 bits per heavy atom. The number of nitrogens with zero attached hydrogens (tertiary/aromatic N) is 5. The number of carbonyl (C=O) groups excluding carboxylic acids is 1. The Labute approximate surface area is 165 Å². The second-order valence-electron chi connectivity index (χ2n) is 6.90. The van der Waals surface area contributed by atoms with Crippen molar-refractivity contribution in [3.05, 3.63) is 57.6 Å². The number of pyridine rings is 1. The first-order valence-corrected chi connectivity index (χ1v) is 9.99. The Bertz CT molecular complexity index is 1020. The summed E-state index contributed by atoms with van der Waals surface area (Å²) in [5.74, 6) is -0.120. The van der Waals surface area contributed by atoms with Crippen molar-refractivity contribution in [3.8, 4) is 11.3 Å². The summed E-state index contributed by atoms with van der Waals surface area (Å²) in [6, 6.07) is 7.18. The monoisotopic (exact) mass is 396 g/mol. The quantitative estimate of drug-likeness (QED) is 0.726. The number of nitrogens with one attached hydrogen (secondary N) is 1. The molecule has 1 amide bonds. The number of hydrogen-bond acceptors (Lipinski definition) is 7. The standard InChI is InChI=1S/C19H20N6O2S/c1-12-18(28-24-22-12)19(27)21-14-2-4-15(5-3-14)25-17(26)7-6-16(23-25)13-8-10-20-11-9-13/h6-11,14-15H,2-5H2,1H3,(H,21,27). The molecule has 8 nitrogen and oxygen atoms in total. The van der Waals surface area contributed by atoms with Gasteiger partial charge in [-0.3, -0.25) is 14.6 Å². The molecule has 0 atom stereocenters. The van der Waals surface area contributed by atoms with Gasteiger partial charge in [-0.25, -0.2) is 4.68 Å². The highest BCUT2D eigenvalue weighted by Crippen LogP contribution is 2.28. The van der Waals surface area contributed by atoms with Gasteiger partial charge >= 0.3 is 0 Å². The number of rotatable bonds is 4. The molecule has 0 spiro atoms. The van der Waals surface area contributed by atoms with Gasteiger partial charge in [0.05, 0.1) is 17.4 Å². The van der Waals surface area contributed by atoms with Crippen LogP contribution in [0.1, 0.15) is 47.1 Å². The molecule has 28 heavy (non-hydrogen) atoms. The normalized spacial score (nSPS) is 19.3. The minimum Gasteiger partial charge on any atom is -0.348 e. The van der Waals surface area contributed by atoms with E-state index >= 15 is 0 Å². The number of amides is 1. The molecule has 3 aromatic rings. The number of carbonyl (C=O) groups is 1. The molecular weight excluding hydrogens is 376 g/mol. The summed E-state index contributed by atoms with van der Waals surface area (Å²) in [6.45, 7) is 1.78. The lowest BCUT2D eigenvalue weighted by molar-refractivity contribution is 0.0924. The Hall–Kier alpha value is -2.94. The van der Waals surface area contributed by atoms with Crippen molar-refractivity contribution in [2.24, 2.45) is 0 Å². The summed E-state index contributed by atoms with van der Waals surface area (Å²) in [5, 5.41) is 11.5. The van der Waals surface area contributed by atoms with Crippen molar-refractivity contribution >= 4 is 17.4 Å². The zero-order valence-corrected chi connectivity index (χ0v) is 16.2. The third kappa shape index (κ3) is 3.84. The van der Waals surface area contributed by atoms with Crippen molar-refractivity contribution in [2.45, 2.75) is 44.7 Å². The van der Waals surface area contributed by atoms with E-state index in [1.807, 2.05) is 12.1 Å². The smallest absolute Gasteiger partial charge is 0.267 e.